The number of carbonyl (C=O) groups excluding carboxylic acids is 1. The Hall–Kier alpha value is -3.36. The van der Waals surface area contributed by atoms with E-state index in [9.17, 15) is 18.0 Å². The van der Waals surface area contributed by atoms with E-state index in [1.807, 2.05) is 29.2 Å². The molecule has 0 radical (unpaired) electrons. The molecule has 2 amide bonds. The van der Waals surface area contributed by atoms with Crippen molar-refractivity contribution in [3.8, 4) is 0 Å². The molecule has 1 saturated heterocycles. The number of hydrogen-bond acceptors (Lipinski definition) is 4. The van der Waals surface area contributed by atoms with Gasteiger partial charge in [-0.05, 0) is 24.8 Å². The minimum atomic E-state index is -4.53. The van der Waals surface area contributed by atoms with Crippen LogP contribution in [0.4, 0.5) is 29.5 Å². The number of aromatic nitrogens is 2. The lowest BCUT2D eigenvalue weighted by molar-refractivity contribution is -0.141. The quantitative estimate of drug-likeness (QED) is 0.581. The van der Waals surface area contributed by atoms with Gasteiger partial charge in [-0.25, -0.2) is 9.78 Å². The van der Waals surface area contributed by atoms with E-state index in [0.717, 1.165) is 29.7 Å². The molecule has 0 saturated carbocycles. The van der Waals surface area contributed by atoms with Crippen LogP contribution in [-0.4, -0.2) is 29.1 Å². The summed E-state index contributed by atoms with van der Waals surface area (Å²) in [6, 6.07) is 9.40. The number of carbonyl (C=O) groups is 1. The predicted octanol–water partition coefficient (Wildman–Crippen LogP) is 5.21. The monoisotopic (exact) mass is 443 g/mol. The summed E-state index contributed by atoms with van der Waals surface area (Å²) in [6.45, 7) is 3.45. The van der Waals surface area contributed by atoms with Crippen molar-refractivity contribution in [1.82, 2.24) is 15.3 Å². The van der Waals surface area contributed by atoms with Crippen LogP contribution >= 0.6 is 0 Å². The molecular formula is C23H24F3N5O. The molecule has 6 nitrogen and oxygen atoms in total. The number of urea groups is 1. The highest BCUT2D eigenvalue weighted by atomic mass is 19.4. The fourth-order valence-corrected chi connectivity index (χ4v) is 3.83. The van der Waals surface area contributed by atoms with Crippen LogP contribution in [0.5, 0.6) is 0 Å². The molecule has 3 heterocycles. The third-order valence-electron chi connectivity index (χ3n) is 5.69. The first-order valence-corrected chi connectivity index (χ1v) is 10.5. The van der Waals surface area contributed by atoms with E-state index in [1.54, 1.807) is 12.4 Å². The van der Waals surface area contributed by atoms with Crippen molar-refractivity contribution in [2.45, 2.75) is 32.5 Å². The van der Waals surface area contributed by atoms with E-state index >= 15 is 0 Å². The SMILES string of the molecule is CC1CCN(c2nc(C(F)(F)F)ccc2CNC(=O)Nc2cncc3ccccc23)CC1. The zero-order chi connectivity index (χ0) is 22.7. The van der Waals surface area contributed by atoms with Gasteiger partial charge < -0.3 is 15.5 Å². The second kappa shape index (κ2) is 9.02. The van der Waals surface area contributed by atoms with Crippen molar-refractivity contribution < 1.29 is 18.0 Å². The van der Waals surface area contributed by atoms with E-state index in [-0.39, 0.29) is 12.4 Å². The van der Waals surface area contributed by atoms with Crippen molar-refractivity contribution in [3.63, 3.8) is 0 Å². The number of alkyl halides is 3. The van der Waals surface area contributed by atoms with E-state index in [2.05, 4.69) is 27.5 Å². The van der Waals surface area contributed by atoms with E-state index < -0.39 is 17.9 Å². The molecule has 0 aliphatic carbocycles. The molecule has 4 rings (SSSR count). The highest BCUT2D eigenvalue weighted by Crippen LogP contribution is 2.32. The van der Waals surface area contributed by atoms with Crippen molar-refractivity contribution in [3.05, 3.63) is 60.0 Å². The molecule has 1 aliphatic rings. The molecule has 0 unspecified atom stereocenters. The Morgan fingerprint density at radius 3 is 2.62 bits per heavy atom. The number of fused-ring (bicyclic) bond motifs is 1. The van der Waals surface area contributed by atoms with Gasteiger partial charge in [0, 0.05) is 42.2 Å². The Morgan fingerprint density at radius 1 is 1.12 bits per heavy atom. The van der Waals surface area contributed by atoms with Gasteiger partial charge in [-0.2, -0.15) is 13.2 Å². The van der Waals surface area contributed by atoms with Crippen LogP contribution < -0.4 is 15.5 Å². The minimum absolute atomic E-state index is 0.0521. The van der Waals surface area contributed by atoms with Gasteiger partial charge in [0.15, 0.2) is 0 Å². The van der Waals surface area contributed by atoms with Crippen molar-refractivity contribution in [2.24, 2.45) is 5.92 Å². The molecule has 2 aromatic heterocycles. The molecule has 3 aromatic rings. The molecule has 9 heteroatoms. The number of rotatable bonds is 4. The van der Waals surface area contributed by atoms with Gasteiger partial charge in [-0.1, -0.05) is 37.3 Å². The van der Waals surface area contributed by atoms with Crippen LogP contribution in [0.2, 0.25) is 0 Å². The van der Waals surface area contributed by atoms with Gasteiger partial charge in [0.25, 0.3) is 0 Å². The number of nitrogens with zero attached hydrogens (tertiary/aromatic N) is 3. The summed E-state index contributed by atoms with van der Waals surface area (Å²) in [5.41, 5.74) is 0.163. The minimum Gasteiger partial charge on any atom is -0.356 e. The molecule has 2 N–H and O–H groups in total. The van der Waals surface area contributed by atoms with Gasteiger partial charge >= 0.3 is 12.2 Å². The van der Waals surface area contributed by atoms with Gasteiger partial charge in [-0.3, -0.25) is 4.98 Å². The smallest absolute Gasteiger partial charge is 0.356 e. The third-order valence-corrected chi connectivity index (χ3v) is 5.69. The van der Waals surface area contributed by atoms with Gasteiger partial charge in [-0.15, -0.1) is 0 Å². The highest BCUT2D eigenvalue weighted by Gasteiger charge is 2.34. The fraction of sp³-hybridized carbons (Fsp3) is 0.348. The summed E-state index contributed by atoms with van der Waals surface area (Å²) < 4.78 is 39.7. The maximum atomic E-state index is 13.2. The number of pyridine rings is 2. The van der Waals surface area contributed by atoms with Crippen LogP contribution in [0.25, 0.3) is 10.8 Å². The number of nitrogens with one attached hydrogen (secondary N) is 2. The third kappa shape index (κ3) is 4.92. The van der Waals surface area contributed by atoms with Gasteiger partial charge in [0.1, 0.15) is 11.5 Å². The van der Waals surface area contributed by atoms with E-state index in [0.29, 0.717) is 30.3 Å². The number of anilines is 2. The predicted molar refractivity (Wildman–Crippen MR) is 117 cm³/mol. The zero-order valence-electron chi connectivity index (χ0n) is 17.6. The maximum Gasteiger partial charge on any atom is 0.433 e. The van der Waals surface area contributed by atoms with Crippen molar-refractivity contribution in [2.75, 3.05) is 23.3 Å². The number of benzene rings is 1. The Kier molecular flexibility index (Phi) is 6.16. The van der Waals surface area contributed by atoms with Crippen LogP contribution in [0, 0.1) is 5.92 Å². The lowest BCUT2D eigenvalue weighted by Crippen LogP contribution is -2.35. The molecular weight excluding hydrogens is 419 g/mol. The second-order valence-electron chi connectivity index (χ2n) is 8.06. The number of hydrogen-bond donors (Lipinski definition) is 2. The largest absolute Gasteiger partial charge is 0.433 e. The van der Waals surface area contributed by atoms with Crippen LogP contribution in [0.3, 0.4) is 0 Å². The van der Waals surface area contributed by atoms with E-state index in [1.165, 1.54) is 6.07 Å². The van der Waals surface area contributed by atoms with Crippen LogP contribution in [0.15, 0.2) is 48.8 Å². The summed E-state index contributed by atoms with van der Waals surface area (Å²) in [5, 5.41) is 7.23. The van der Waals surface area contributed by atoms with Gasteiger partial charge in [0.05, 0.1) is 11.9 Å². The summed E-state index contributed by atoms with van der Waals surface area (Å²) in [7, 11) is 0. The summed E-state index contributed by atoms with van der Waals surface area (Å²) >= 11 is 0. The van der Waals surface area contributed by atoms with Crippen molar-refractivity contribution in [1.29, 1.82) is 0 Å². The molecule has 1 fully saturated rings. The maximum absolute atomic E-state index is 13.2. The fourth-order valence-electron chi connectivity index (χ4n) is 3.83. The average Bonchev–Trinajstić information content (AvgIpc) is 2.78. The Bertz CT molecular complexity index is 1100. The average molecular weight is 443 g/mol. The lowest BCUT2D eigenvalue weighted by atomic mass is 9.99. The Morgan fingerprint density at radius 2 is 1.88 bits per heavy atom. The second-order valence-corrected chi connectivity index (χ2v) is 8.06. The van der Waals surface area contributed by atoms with Crippen LogP contribution in [0.1, 0.15) is 31.0 Å². The van der Waals surface area contributed by atoms with E-state index in [4.69, 9.17) is 0 Å². The molecule has 0 atom stereocenters. The Balaban J connectivity index is 1.51. The van der Waals surface area contributed by atoms with Crippen LogP contribution in [-0.2, 0) is 12.7 Å². The lowest BCUT2D eigenvalue weighted by Gasteiger charge is -2.33. The molecule has 1 aromatic carbocycles. The zero-order valence-corrected chi connectivity index (χ0v) is 17.6. The molecule has 0 spiro atoms. The first-order valence-electron chi connectivity index (χ1n) is 10.5. The first kappa shape index (κ1) is 21.9. The summed E-state index contributed by atoms with van der Waals surface area (Å²) in [4.78, 5) is 22.4. The standard InChI is InChI=1S/C23H24F3N5O/c1-15-8-10-31(11-9-15)21-17(6-7-20(30-21)23(24,25)26)13-28-22(32)29-19-14-27-12-16-4-2-3-5-18(16)19/h2-7,12,14-15H,8-11,13H2,1H3,(H2,28,29,32). The van der Waals surface area contributed by atoms with Crippen molar-refractivity contribution >= 4 is 28.3 Å². The summed E-state index contributed by atoms with van der Waals surface area (Å²) in [6.07, 6.45) is 0.515. The molecule has 168 valence electrons. The normalized spacial score (nSPS) is 15.1. The summed E-state index contributed by atoms with van der Waals surface area (Å²) in [5.74, 6) is 0.803. The topological polar surface area (TPSA) is 70.2 Å². The molecule has 1 aliphatic heterocycles. The molecule has 32 heavy (non-hydrogen) atoms. The molecule has 0 bridgehead atoms. The number of piperidine rings is 1. The highest BCUT2D eigenvalue weighted by molar-refractivity contribution is 6.00. The Labute approximate surface area is 183 Å². The van der Waals surface area contributed by atoms with Gasteiger partial charge in [0.2, 0.25) is 0 Å². The number of amides is 2. The number of halogens is 3. The first-order chi connectivity index (χ1) is 15.3.